The molecule has 0 aliphatic carbocycles. The summed E-state index contributed by atoms with van der Waals surface area (Å²) in [4.78, 5) is 1.80. The van der Waals surface area contributed by atoms with Crippen molar-refractivity contribution in [3.05, 3.63) is 29.6 Å². The molecular formula is C13H19FN2. The smallest absolute Gasteiger partial charge is 0.146 e. The van der Waals surface area contributed by atoms with E-state index in [1.54, 1.807) is 11.0 Å². The van der Waals surface area contributed by atoms with Gasteiger partial charge in [0.2, 0.25) is 0 Å². The summed E-state index contributed by atoms with van der Waals surface area (Å²) >= 11 is 0. The van der Waals surface area contributed by atoms with E-state index < -0.39 is 0 Å². The minimum Gasteiger partial charge on any atom is -0.375 e. The molecule has 1 fully saturated rings. The van der Waals surface area contributed by atoms with E-state index in [2.05, 4.69) is 5.32 Å². The number of nitrogens with zero attached hydrogens (tertiary/aromatic N) is 1. The van der Waals surface area contributed by atoms with E-state index in [9.17, 15) is 4.39 Å². The maximum absolute atomic E-state index is 13.8. The van der Waals surface area contributed by atoms with Gasteiger partial charge in [-0.05, 0) is 37.1 Å². The first kappa shape index (κ1) is 11.4. The number of nitrogens with one attached hydrogen (secondary N) is 1. The van der Waals surface area contributed by atoms with Crippen molar-refractivity contribution in [3.8, 4) is 0 Å². The van der Waals surface area contributed by atoms with Crippen molar-refractivity contribution in [2.24, 2.45) is 0 Å². The number of benzene rings is 1. The Morgan fingerprint density at radius 2 is 2.12 bits per heavy atom. The highest BCUT2D eigenvalue weighted by atomic mass is 19.1. The van der Waals surface area contributed by atoms with Crippen LogP contribution in [0.5, 0.6) is 0 Å². The van der Waals surface area contributed by atoms with Crippen molar-refractivity contribution in [1.29, 1.82) is 0 Å². The van der Waals surface area contributed by atoms with Crippen LogP contribution in [-0.4, -0.2) is 20.6 Å². The maximum atomic E-state index is 13.8. The number of halogens is 1. The lowest BCUT2D eigenvalue weighted by Crippen LogP contribution is -2.26. The predicted octanol–water partition coefficient (Wildman–Crippen LogP) is 2.71. The summed E-state index contributed by atoms with van der Waals surface area (Å²) in [5, 5.41) is 3.43. The molecule has 88 valence electrons. The van der Waals surface area contributed by atoms with E-state index in [4.69, 9.17) is 0 Å². The van der Waals surface area contributed by atoms with Crippen LogP contribution in [0.1, 0.15) is 30.9 Å². The van der Waals surface area contributed by atoms with Crippen LogP contribution in [0.2, 0.25) is 0 Å². The molecule has 1 N–H and O–H groups in total. The lowest BCUT2D eigenvalue weighted by molar-refractivity contribution is 0.411. The van der Waals surface area contributed by atoms with Crippen LogP contribution < -0.4 is 10.2 Å². The number of hydrogen-bond acceptors (Lipinski definition) is 2. The van der Waals surface area contributed by atoms with Crippen LogP contribution in [0, 0.1) is 5.82 Å². The van der Waals surface area contributed by atoms with E-state index in [1.165, 1.54) is 12.8 Å². The Balaban J connectivity index is 2.19. The van der Waals surface area contributed by atoms with Crippen LogP contribution in [-0.2, 0) is 0 Å². The lowest BCUT2D eigenvalue weighted by Gasteiger charge is -2.24. The summed E-state index contributed by atoms with van der Waals surface area (Å²) in [5.74, 6) is -0.130. The Labute approximate surface area is 96.5 Å². The lowest BCUT2D eigenvalue weighted by atomic mass is 9.97. The van der Waals surface area contributed by atoms with Gasteiger partial charge in [0.05, 0.1) is 5.69 Å². The normalized spacial score (nSPS) is 20.8. The minimum atomic E-state index is -0.130. The van der Waals surface area contributed by atoms with Gasteiger partial charge in [-0.15, -0.1) is 0 Å². The molecule has 1 aliphatic heterocycles. The second-order valence-electron chi connectivity index (χ2n) is 4.61. The summed E-state index contributed by atoms with van der Waals surface area (Å²) in [6, 6.07) is 5.89. The molecule has 0 saturated carbocycles. The average molecular weight is 222 g/mol. The van der Waals surface area contributed by atoms with Gasteiger partial charge in [0.25, 0.3) is 0 Å². The van der Waals surface area contributed by atoms with Gasteiger partial charge in [0, 0.05) is 20.1 Å². The highest BCUT2D eigenvalue weighted by Gasteiger charge is 2.16. The summed E-state index contributed by atoms with van der Waals surface area (Å²) in [5.41, 5.74) is 1.72. The van der Waals surface area contributed by atoms with Crippen LogP contribution >= 0.6 is 0 Å². The summed E-state index contributed by atoms with van der Waals surface area (Å²) in [6.07, 6.45) is 3.57. The van der Waals surface area contributed by atoms with Crippen LogP contribution in [0.4, 0.5) is 10.1 Å². The molecule has 1 atom stereocenters. The molecule has 1 aromatic carbocycles. The zero-order valence-corrected chi connectivity index (χ0v) is 9.96. The Morgan fingerprint density at radius 3 is 2.69 bits per heavy atom. The van der Waals surface area contributed by atoms with Gasteiger partial charge in [-0.25, -0.2) is 4.39 Å². The Kier molecular flexibility index (Phi) is 3.44. The third-order valence-corrected chi connectivity index (χ3v) is 3.17. The van der Waals surface area contributed by atoms with E-state index in [-0.39, 0.29) is 5.82 Å². The van der Waals surface area contributed by atoms with Gasteiger partial charge in [-0.3, -0.25) is 0 Å². The largest absolute Gasteiger partial charge is 0.375 e. The van der Waals surface area contributed by atoms with Crippen LogP contribution in [0.25, 0.3) is 0 Å². The minimum absolute atomic E-state index is 0.130. The third-order valence-electron chi connectivity index (χ3n) is 3.17. The molecule has 2 rings (SSSR count). The monoisotopic (exact) mass is 222 g/mol. The topological polar surface area (TPSA) is 15.3 Å². The molecule has 1 aromatic rings. The number of rotatable bonds is 2. The average Bonchev–Trinajstić information content (AvgIpc) is 2.29. The zero-order valence-electron chi connectivity index (χ0n) is 9.96. The molecule has 2 nitrogen and oxygen atoms in total. The quantitative estimate of drug-likeness (QED) is 0.827. The first-order valence-corrected chi connectivity index (χ1v) is 5.88. The van der Waals surface area contributed by atoms with Gasteiger partial charge < -0.3 is 10.2 Å². The number of hydrogen-bond donors (Lipinski definition) is 1. The molecular weight excluding hydrogens is 203 g/mol. The zero-order chi connectivity index (χ0) is 11.5. The van der Waals surface area contributed by atoms with Crippen molar-refractivity contribution in [3.63, 3.8) is 0 Å². The third kappa shape index (κ3) is 2.35. The van der Waals surface area contributed by atoms with Crippen molar-refractivity contribution in [2.45, 2.75) is 25.3 Å². The molecule has 0 spiro atoms. The molecule has 0 bridgehead atoms. The predicted molar refractivity (Wildman–Crippen MR) is 65.3 cm³/mol. The van der Waals surface area contributed by atoms with Gasteiger partial charge >= 0.3 is 0 Å². The molecule has 0 radical (unpaired) electrons. The fourth-order valence-corrected chi connectivity index (χ4v) is 2.24. The summed E-state index contributed by atoms with van der Waals surface area (Å²) in [6.45, 7) is 1.04. The molecule has 0 aromatic heterocycles. The molecule has 1 unspecified atom stereocenters. The highest BCUT2D eigenvalue weighted by Crippen LogP contribution is 2.26. The van der Waals surface area contributed by atoms with Gasteiger partial charge in [-0.1, -0.05) is 12.5 Å². The fourth-order valence-electron chi connectivity index (χ4n) is 2.24. The molecule has 1 heterocycles. The number of anilines is 1. The van der Waals surface area contributed by atoms with E-state index in [0.717, 1.165) is 18.5 Å². The van der Waals surface area contributed by atoms with Crippen molar-refractivity contribution >= 4 is 5.69 Å². The Hall–Kier alpha value is -1.09. The highest BCUT2D eigenvalue weighted by molar-refractivity contribution is 5.48. The second kappa shape index (κ2) is 4.83. The van der Waals surface area contributed by atoms with Gasteiger partial charge in [-0.2, -0.15) is 0 Å². The van der Waals surface area contributed by atoms with Crippen LogP contribution in [0.15, 0.2) is 18.2 Å². The van der Waals surface area contributed by atoms with E-state index in [0.29, 0.717) is 11.7 Å². The molecule has 1 saturated heterocycles. The van der Waals surface area contributed by atoms with Crippen LogP contribution in [0.3, 0.4) is 0 Å². The van der Waals surface area contributed by atoms with Crippen molar-refractivity contribution in [1.82, 2.24) is 5.32 Å². The SMILES string of the molecule is CN(C)c1ccc(C2CCCCN2)cc1F. The van der Waals surface area contributed by atoms with E-state index in [1.807, 2.05) is 26.2 Å². The van der Waals surface area contributed by atoms with E-state index >= 15 is 0 Å². The Bertz CT molecular complexity index is 357. The first-order chi connectivity index (χ1) is 7.68. The van der Waals surface area contributed by atoms with Crippen molar-refractivity contribution < 1.29 is 4.39 Å². The molecule has 0 amide bonds. The maximum Gasteiger partial charge on any atom is 0.146 e. The van der Waals surface area contributed by atoms with Gasteiger partial charge in [0.15, 0.2) is 0 Å². The standard InChI is InChI=1S/C13H19FN2/c1-16(2)13-7-6-10(9-11(13)14)12-5-3-4-8-15-12/h6-7,9,12,15H,3-5,8H2,1-2H3. The fraction of sp³-hybridized carbons (Fsp3) is 0.538. The first-order valence-electron chi connectivity index (χ1n) is 5.88. The molecule has 16 heavy (non-hydrogen) atoms. The van der Waals surface area contributed by atoms with Gasteiger partial charge in [0.1, 0.15) is 5.82 Å². The number of piperidine rings is 1. The summed E-state index contributed by atoms with van der Waals surface area (Å²) < 4.78 is 13.8. The molecule has 3 heteroatoms. The summed E-state index contributed by atoms with van der Waals surface area (Å²) in [7, 11) is 3.72. The Morgan fingerprint density at radius 1 is 1.31 bits per heavy atom. The second-order valence-corrected chi connectivity index (χ2v) is 4.61. The molecule has 1 aliphatic rings. The van der Waals surface area contributed by atoms with Crippen molar-refractivity contribution in [2.75, 3.05) is 25.5 Å².